The zero-order valence-corrected chi connectivity index (χ0v) is 8.62. The van der Waals surface area contributed by atoms with Crippen LogP contribution >= 0.6 is 15.9 Å². The van der Waals surface area contributed by atoms with Crippen LogP contribution in [0.25, 0.3) is 11.3 Å². The van der Waals surface area contributed by atoms with E-state index in [1.807, 2.05) is 0 Å². The molecule has 1 radical (unpaired) electrons. The summed E-state index contributed by atoms with van der Waals surface area (Å²) in [5, 5.41) is 0. The van der Waals surface area contributed by atoms with Crippen molar-refractivity contribution in [3.8, 4) is 11.3 Å². The minimum Gasteiger partial charge on any atom is -0.253 e. The lowest BCUT2D eigenvalue weighted by molar-refractivity contribution is 0.625. The Morgan fingerprint density at radius 2 is 2.07 bits per heavy atom. The van der Waals surface area contributed by atoms with Crippen LogP contribution in [0.3, 0.4) is 0 Å². The predicted octanol–water partition coefficient (Wildman–Crippen LogP) is 2.85. The molecule has 0 atom stereocenters. The SMILES string of the molecule is Fc1cccnc1-c1[c]c(Br)ncc1. The maximum atomic E-state index is 13.3. The molecule has 69 valence electrons. The molecule has 0 amide bonds. The summed E-state index contributed by atoms with van der Waals surface area (Å²) in [4.78, 5) is 7.84. The van der Waals surface area contributed by atoms with Crippen molar-refractivity contribution < 1.29 is 4.39 Å². The monoisotopic (exact) mass is 251 g/mol. The zero-order valence-electron chi connectivity index (χ0n) is 7.04. The van der Waals surface area contributed by atoms with Crippen LogP contribution in [0, 0.1) is 11.9 Å². The molecule has 4 heteroatoms. The number of rotatable bonds is 1. The van der Waals surface area contributed by atoms with E-state index >= 15 is 0 Å². The highest BCUT2D eigenvalue weighted by molar-refractivity contribution is 9.10. The van der Waals surface area contributed by atoms with Crippen molar-refractivity contribution in [3.05, 3.63) is 47.1 Å². The molecule has 0 fully saturated rings. The van der Waals surface area contributed by atoms with Crippen molar-refractivity contribution >= 4 is 15.9 Å². The molecule has 14 heavy (non-hydrogen) atoms. The highest BCUT2D eigenvalue weighted by Crippen LogP contribution is 2.20. The number of hydrogen-bond donors (Lipinski definition) is 0. The van der Waals surface area contributed by atoms with Crippen molar-refractivity contribution in [3.63, 3.8) is 0 Å². The second-order valence-corrected chi connectivity index (χ2v) is 3.36. The average molecular weight is 252 g/mol. The van der Waals surface area contributed by atoms with Crippen LogP contribution in [0.1, 0.15) is 0 Å². The van der Waals surface area contributed by atoms with E-state index < -0.39 is 0 Å². The van der Waals surface area contributed by atoms with Crippen molar-refractivity contribution in [2.24, 2.45) is 0 Å². The zero-order chi connectivity index (χ0) is 9.97. The molecule has 0 saturated heterocycles. The summed E-state index contributed by atoms with van der Waals surface area (Å²) in [6, 6.07) is 7.45. The first kappa shape index (κ1) is 9.27. The number of pyridine rings is 2. The molecular weight excluding hydrogens is 247 g/mol. The summed E-state index contributed by atoms with van der Waals surface area (Å²) in [6.07, 6.45) is 3.12. The summed E-state index contributed by atoms with van der Waals surface area (Å²) in [7, 11) is 0. The second-order valence-electron chi connectivity index (χ2n) is 2.61. The van der Waals surface area contributed by atoms with E-state index in [-0.39, 0.29) is 11.5 Å². The third kappa shape index (κ3) is 1.80. The smallest absolute Gasteiger partial charge is 0.149 e. The maximum absolute atomic E-state index is 13.3. The average Bonchev–Trinajstić information content (AvgIpc) is 2.18. The van der Waals surface area contributed by atoms with E-state index in [0.29, 0.717) is 10.2 Å². The molecule has 0 aliphatic heterocycles. The Balaban J connectivity index is 2.55. The molecule has 2 heterocycles. The van der Waals surface area contributed by atoms with Gasteiger partial charge in [0, 0.05) is 24.0 Å². The number of nitrogens with zero attached hydrogens (tertiary/aromatic N) is 2. The third-order valence-corrected chi connectivity index (χ3v) is 2.08. The highest BCUT2D eigenvalue weighted by Gasteiger charge is 2.05. The maximum Gasteiger partial charge on any atom is 0.149 e. The molecule has 0 aliphatic carbocycles. The lowest BCUT2D eigenvalue weighted by Crippen LogP contribution is -1.89. The molecule has 2 aromatic rings. The minimum atomic E-state index is -0.359. The van der Waals surface area contributed by atoms with E-state index in [4.69, 9.17) is 0 Å². The topological polar surface area (TPSA) is 25.8 Å². The van der Waals surface area contributed by atoms with Crippen LogP contribution in [0.4, 0.5) is 4.39 Å². The molecule has 0 N–H and O–H groups in total. The fourth-order valence-electron chi connectivity index (χ4n) is 1.08. The van der Waals surface area contributed by atoms with Gasteiger partial charge in [0.2, 0.25) is 0 Å². The van der Waals surface area contributed by atoms with Gasteiger partial charge in [-0.3, -0.25) is 4.98 Å². The Morgan fingerprint density at radius 1 is 1.21 bits per heavy atom. The van der Waals surface area contributed by atoms with E-state index in [1.165, 1.54) is 6.07 Å². The summed E-state index contributed by atoms with van der Waals surface area (Å²) in [5.74, 6) is -0.359. The number of hydrogen-bond acceptors (Lipinski definition) is 2. The molecule has 0 aliphatic rings. The van der Waals surface area contributed by atoms with Crippen molar-refractivity contribution in [2.75, 3.05) is 0 Å². The summed E-state index contributed by atoms with van der Waals surface area (Å²) in [5.41, 5.74) is 0.876. The van der Waals surface area contributed by atoms with Gasteiger partial charge in [0.25, 0.3) is 0 Å². The molecule has 0 spiro atoms. The molecule has 2 rings (SSSR count). The Bertz CT molecular complexity index is 459. The van der Waals surface area contributed by atoms with E-state index in [2.05, 4.69) is 32.0 Å². The van der Waals surface area contributed by atoms with Gasteiger partial charge in [0.05, 0.1) is 0 Å². The van der Waals surface area contributed by atoms with Gasteiger partial charge in [-0.05, 0) is 34.1 Å². The van der Waals surface area contributed by atoms with Crippen LogP contribution in [-0.2, 0) is 0 Å². The fraction of sp³-hybridized carbons (Fsp3) is 0. The first-order valence-corrected chi connectivity index (χ1v) is 4.71. The lowest BCUT2D eigenvalue weighted by atomic mass is 10.2. The largest absolute Gasteiger partial charge is 0.253 e. The van der Waals surface area contributed by atoms with E-state index in [1.54, 1.807) is 24.5 Å². The Kier molecular flexibility index (Phi) is 2.54. The molecule has 0 unspecified atom stereocenters. The molecular formula is C10H5BrFN2. The van der Waals surface area contributed by atoms with Gasteiger partial charge in [-0.25, -0.2) is 9.37 Å². The first-order valence-electron chi connectivity index (χ1n) is 3.92. The van der Waals surface area contributed by atoms with E-state index in [0.717, 1.165) is 0 Å². The van der Waals surface area contributed by atoms with Gasteiger partial charge in [-0.1, -0.05) is 0 Å². The molecule has 2 aromatic heterocycles. The van der Waals surface area contributed by atoms with Crippen molar-refractivity contribution in [1.82, 2.24) is 9.97 Å². The normalized spacial score (nSPS) is 10.1. The number of halogens is 2. The second kappa shape index (κ2) is 3.84. The fourth-order valence-corrected chi connectivity index (χ4v) is 1.42. The van der Waals surface area contributed by atoms with Crippen LogP contribution in [0.15, 0.2) is 35.2 Å². The van der Waals surface area contributed by atoms with Gasteiger partial charge in [0.15, 0.2) is 0 Å². The van der Waals surface area contributed by atoms with Crippen molar-refractivity contribution in [2.45, 2.75) is 0 Å². The van der Waals surface area contributed by atoms with Crippen molar-refractivity contribution in [1.29, 1.82) is 0 Å². The first-order chi connectivity index (χ1) is 6.77. The quantitative estimate of drug-likeness (QED) is 0.729. The van der Waals surface area contributed by atoms with E-state index in [9.17, 15) is 4.39 Å². The van der Waals surface area contributed by atoms with Crippen LogP contribution in [-0.4, -0.2) is 9.97 Å². The molecule has 2 nitrogen and oxygen atoms in total. The Labute approximate surface area is 89.0 Å². The standard InChI is InChI=1S/C10H5BrFN2/c11-9-6-7(3-5-13-9)10-8(12)2-1-4-14-10/h1-5H. The van der Waals surface area contributed by atoms with Crippen LogP contribution < -0.4 is 0 Å². The predicted molar refractivity (Wildman–Crippen MR) is 54.0 cm³/mol. The minimum absolute atomic E-state index is 0.288. The summed E-state index contributed by atoms with van der Waals surface area (Å²) >= 11 is 3.17. The van der Waals surface area contributed by atoms with Gasteiger partial charge < -0.3 is 0 Å². The molecule has 0 saturated carbocycles. The third-order valence-electron chi connectivity index (χ3n) is 1.68. The van der Waals surface area contributed by atoms with Crippen LogP contribution in [0.2, 0.25) is 0 Å². The lowest BCUT2D eigenvalue weighted by Gasteiger charge is -2.00. The summed E-state index contributed by atoms with van der Waals surface area (Å²) < 4.78 is 13.8. The molecule has 0 aromatic carbocycles. The highest BCUT2D eigenvalue weighted by atomic mass is 79.9. The van der Waals surface area contributed by atoms with Gasteiger partial charge >= 0.3 is 0 Å². The van der Waals surface area contributed by atoms with Gasteiger partial charge in [0.1, 0.15) is 16.1 Å². The van der Waals surface area contributed by atoms with Crippen LogP contribution in [0.5, 0.6) is 0 Å². The Morgan fingerprint density at radius 3 is 2.79 bits per heavy atom. The Hall–Kier alpha value is -1.29. The molecule has 0 bridgehead atoms. The van der Waals surface area contributed by atoms with Gasteiger partial charge in [-0.2, -0.15) is 0 Å². The van der Waals surface area contributed by atoms with Gasteiger partial charge in [-0.15, -0.1) is 0 Å². The summed E-state index contributed by atoms with van der Waals surface area (Å²) in [6.45, 7) is 0. The number of aromatic nitrogens is 2.